The van der Waals surface area contributed by atoms with Gasteiger partial charge in [0.2, 0.25) is 5.56 Å². The fraction of sp³-hybridized carbons (Fsp3) is 0.333. The third-order valence-corrected chi connectivity index (χ3v) is 3.06. The molecule has 0 radical (unpaired) electrons. The normalized spacial score (nSPS) is 10.7. The number of pyridine rings is 1. The van der Waals surface area contributed by atoms with Gasteiger partial charge in [0, 0.05) is 23.5 Å². The number of benzene rings is 1. The Hall–Kier alpha value is -2.14. The predicted molar refractivity (Wildman–Crippen MR) is 80.1 cm³/mol. The first kappa shape index (κ1) is 14.3. The largest absolute Gasteiger partial charge is 0.352 e. The summed E-state index contributed by atoms with van der Waals surface area (Å²) in [6.07, 6.45) is 0.862. The SMILES string of the molecule is CCNCCCNC(=O)c1cc(=O)[nH]c2ccccc12. The minimum absolute atomic E-state index is 0.205. The molecule has 1 aromatic heterocycles. The van der Waals surface area contributed by atoms with Gasteiger partial charge in [-0.2, -0.15) is 0 Å². The molecule has 0 bridgehead atoms. The van der Waals surface area contributed by atoms with Gasteiger partial charge in [0.25, 0.3) is 5.91 Å². The van der Waals surface area contributed by atoms with Crippen LogP contribution in [0.4, 0.5) is 0 Å². The first-order chi connectivity index (χ1) is 9.72. The van der Waals surface area contributed by atoms with Gasteiger partial charge in [0.15, 0.2) is 0 Å². The molecule has 0 aliphatic rings. The Kier molecular flexibility index (Phi) is 4.90. The molecule has 5 nitrogen and oxygen atoms in total. The van der Waals surface area contributed by atoms with Crippen LogP contribution in [0.1, 0.15) is 23.7 Å². The van der Waals surface area contributed by atoms with Crippen molar-refractivity contribution in [1.29, 1.82) is 0 Å². The van der Waals surface area contributed by atoms with Crippen LogP contribution in [0.3, 0.4) is 0 Å². The van der Waals surface area contributed by atoms with Crippen molar-refractivity contribution in [2.75, 3.05) is 19.6 Å². The lowest BCUT2D eigenvalue weighted by Gasteiger charge is -2.08. The number of para-hydroxylation sites is 1. The molecule has 2 rings (SSSR count). The molecule has 5 heteroatoms. The van der Waals surface area contributed by atoms with Crippen molar-refractivity contribution >= 4 is 16.8 Å². The van der Waals surface area contributed by atoms with E-state index >= 15 is 0 Å². The van der Waals surface area contributed by atoms with E-state index in [0.29, 0.717) is 17.6 Å². The van der Waals surface area contributed by atoms with Crippen molar-refractivity contribution in [3.63, 3.8) is 0 Å². The number of hydrogen-bond donors (Lipinski definition) is 3. The van der Waals surface area contributed by atoms with Gasteiger partial charge >= 0.3 is 0 Å². The summed E-state index contributed by atoms with van der Waals surface area (Å²) in [7, 11) is 0. The summed E-state index contributed by atoms with van der Waals surface area (Å²) in [6.45, 7) is 4.42. The molecule has 0 fully saturated rings. The summed E-state index contributed by atoms with van der Waals surface area (Å²) in [5, 5.41) is 6.80. The Morgan fingerprint density at radius 2 is 2.05 bits per heavy atom. The molecule has 2 aromatic rings. The van der Waals surface area contributed by atoms with Gasteiger partial charge in [-0.3, -0.25) is 9.59 Å². The highest BCUT2D eigenvalue weighted by Gasteiger charge is 2.10. The maximum Gasteiger partial charge on any atom is 0.252 e. The van der Waals surface area contributed by atoms with E-state index in [-0.39, 0.29) is 11.5 Å². The predicted octanol–water partition coefficient (Wildman–Crippen LogP) is 1.26. The monoisotopic (exact) mass is 273 g/mol. The van der Waals surface area contributed by atoms with Gasteiger partial charge in [-0.15, -0.1) is 0 Å². The molecule has 1 heterocycles. The minimum Gasteiger partial charge on any atom is -0.352 e. The number of aromatic nitrogens is 1. The number of carbonyl (C=O) groups is 1. The zero-order valence-electron chi connectivity index (χ0n) is 11.5. The Morgan fingerprint density at radius 1 is 1.25 bits per heavy atom. The zero-order chi connectivity index (χ0) is 14.4. The molecular formula is C15H19N3O2. The molecule has 0 unspecified atom stereocenters. The molecule has 0 spiro atoms. The maximum absolute atomic E-state index is 12.2. The van der Waals surface area contributed by atoms with Crippen LogP contribution in [0.25, 0.3) is 10.9 Å². The molecule has 3 N–H and O–H groups in total. The van der Waals surface area contributed by atoms with Gasteiger partial charge in [-0.1, -0.05) is 25.1 Å². The van der Waals surface area contributed by atoms with E-state index in [9.17, 15) is 9.59 Å². The average molecular weight is 273 g/mol. The molecule has 106 valence electrons. The van der Waals surface area contributed by atoms with Crippen LogP contribution in [0.15, 0.2) is 35.1 Å². The van der Waals surface area contributed by atoms with Crippen molar-refractivity contribution in [3.05, 3.63) is 46.2 Å². The molecule has 1 amide bonds. The standard InChI is InChI=1S/C15H19N3O2/c1-2-16-8-5-9-17-15(20)12-10-14(19)18-13-7-4-3-6-11(12)13/h3-4,6-7,10,16H,2,5,8-9H2,1H3,(H,17,20)(H,18,19). The summed E-state index contributed by atoms with van der Waals surface area (Å²) in [6, 6.07) is 8.65. The third kappa shape index (κ3) is 3.45. The van der Waals surface area contributed by atoms with Crippen LogP contribution in [0, 0.1) is 0 Å². The van der Waals surface area contributed by atoms with Gasteiger partial charge < -0.3 is 15.6 Å². The average Bonchev–Trinajstić information content (AvgIpc) is 2.46. The molecular weight excluding hydrogens is 254 g/mol. The van der Waals surface area contributed by atoms with Crippen LogP contribution in [0.2, 0.25) is 0 Å². The molecule has 1 aromatic carbocycles. The number of rotatable bonds is 6. The second-order valence-corrected chi connectivity index (χ2v) is 4.56. The summed E-state index contributed by atoms with van der Waals surface area (Å²) >= 11 is 0. The van der Waals surface area contributed by atoms with Crippen LogP contribution < -0.4 is 16.2 Å². The lowest BCUT2D eigenvalue weighted by molar-refractivity contribution is 0.0954. The summed E-state index contributed by atoms with van der Waals surface area (Å²) < 4.78 is 0. The van der Waals surface area contributed by atoms with Crippen molar-refractivity contribution in [3.8, 4) is 0 Å². The molecule has 0 saturated carbocycles. The van der Waals surface area contributed by atoms with E-state index in [1.165, 1.54) is 6.07 Å². The fourth-order valence-corrected chi connectivity index (χ4v) is 2.08. The van der Waals surface area contributed by atoms with E-state index in [4.69, 9.17) is 0 Å². The number of H-pyrrole nitrogens is 1. The highest BCUT2D eigenvalue weighted by atomic mass is 16.2. The Morgan fingerprint density at radius 3 is 2.85 bits per heavy atom. The zero-order valence-corrected chi connectivity index (χ0v) is 11.5. The molecule has 20 heavy (non-hydrogen) atoms. The number of hydrogen-bond acceptors (Lipinski definition) is 3. The lowest BCUT2D eigenvalue weighted by atomic mass is 10.1. The second kappa shape index (κ2) is 6.86. The van der Waals surface area contributed by atoms with Crippen LogP contribution in [-0.2, 0) is 0 Å². The Bertz CT molecular complexity index is 649. The molecule has 0 aliphatic heterocycles. The topological polar surface area (TPSA) is 74.0 Å². The van der Waals surface area contributed by atoms with Crippen molar-refractivity contribution in [2.24, 2.45) is 0 Å². The first-order valence-electron chi connectivity index (χ1n) is 6.83. The highest BCUT2D eigenvalue weighted by Crippen LogP contribution is 2.14. The maximum atomic E-state index is 12.2. The number of fused-ring (bicyclic) bond motifs is 1. The number of carbonyl (C=O) groups excluding carboxylic acids is 1. The summed E-state index contributed by atoms with van der Waals surface area (Å²) in [5.74, 6) is -0.205. The van der Waals surface area contributed by atoms with E-state index in [2.05, 4.69) is 15.6 Å². The Labute approximate surface area is 117 Å². The smallest absolute Gasteiger partial charge is 0.252 e. The quantitative estimate of drug-likeness (QED) is 0.694. The van der Waals surface area contributed by atoms with Crippen LogP contribution in [-0.4, -0.2) is 30.5 Å². The number of aromatic amines is 1. The van der Waals surface area contributed by atoms with Gasteiger partial charge in [-0.05, 0) is 25.6 Å². The molecule has 0 saturated heterocycles. The summed E-state index contributed by atoms with van der Waals surface area (Å²) in [5.41, 5.74) is 0.840. The number of amides is 1. The van der Waals surface area contributed by atoms with Crippen LogP contribution in [0.5, 0.6) is 0 Å². The van der Waals surface area contributed by atoms with Gasteiger partial charge in [0.05, 0.1) is 5.56 Å². The molecule has 0 aliphatic carbocycles. The lowest BCUT2D eigenvalue weighted by Crippen LogP contribution is -2.28. The Balaban J connectivity index is 2.11. The van der Waals surface area contributed by atoms with Crippen molar-refractivity contribution in [2.45, 2.75) is 13.3 Å². The van der Waals surface area contributed by atoms with Crippen LogP contribution >= 0.6 is 0 Å². The van der Waals surface area contributed by atoms with E-state index in [1.807, 2.05) is 25.1 Å². The fourth-order valence-electron chi connectivity index (χ4n) is 2.08. The summed E-state index contributed by atoms with van der Waals surface area (Å²) in [4.78, 5) is 26.5. The number of nitrogens with one attached hydrogen (secondary N) is 3. The van der Waals surface area contributed by atoms with E-state index < -0.39 is 0 Å². The van der Waals surface area contributed by atoms with E-state index in [0.717, 1.165) is 24.9 Å². The molecule has 0 atom stereocenters. The second-order valence-electron chi connectivity index (χ2n) is 4.56. The van der Waals surface area contributed by atoms with Crippen molar-refractivity contribution in [1.82, 2.24) is 15.6 Å². The first-order valence-corrected chi connectivity index (χ1v) is 6.83. The van der Waals surface area contributed by atoms with Gasteiger partial charge in [0.1, 0.15) is 0 Å². The van der Waals surface area contributed by atoms with Crippen molar-refractivity contribution < 1.29 is 4.79 Å². The van der Waals surface area contributed by atoms with E-state index in [1.54, 1.807) is 6.07 Å². The van der Waals surface area contributed by atoms with Gasteiger partial charge in [-0.25, -0.2) is 0 Å². The third-order valence-electron chi connectivity index (χ3n) is 3.06. The highest BCUT2D eigenvalue weighted by molar-refractivity contribution is 6.05. The minimum atomic E-state index is -0.263.